The highest BCUT2D eigenvalue weighted by atomic mass is 16.3. The number of carbonyl (C=O) groups excluding carboxylic acids is 8. The summed E-state index contributed by atoms with van der Waals surface area (Å²) in [5.74, 6) is -2.77. The average molecular weight is 1030 g/mol. The van der Waals surface area contributed by atoms with Crippen LogP contribution < -0.4 is 26.6 Å². The highest BCUT2D eigenvalue weighted by Crippen LogP contribution is 2.45. The molecule has 18 nitrogen and oxygen atoms in total. The number of nitrogens with zero attached hydrogens (tertiary/aromatic N) is 4. The lowest BCUT2D eigenvalue weighted by Gasteiger charge is -2.38. The van der Waals surface area contributed by atoms with Gasteiger partial charge in [0.15, 0.2) is 6.10 Å². The molecular weight excluding hydrogens is 955 g/mol. The summed E-state index contributed by atoms with van der Waals surface area (Å²) in [6, 6.07) is 1.76. The Morgan fingerprint density at radius 3 is 2.31 bits per heavy atom. The third-order valence-corrected chi connectivity index (χ3v) is 17.7. The van der Waals surface area contributed by atoms with Gasteiger partial charge >= 0.3 is 0 Å². The van der Waals surface area contributed by atoms with E-state index in [4.69, 9.17) is 4.98 Å². The van der Waals surface area contributed by atoms with Crippen molar-refractivity contribution < 1.29 is 43.5 Å². The predicted octanol–water partition coefficient (Wildman–Crippen LogP) is 5.08. The van der Waals surface area contributed by atoms with Crippen LogP contribution in [0.3, 0.4) is 0 Å². The van der Waals surface area contributed by atoms with Crippen molar-refractivity contribution in [1.82, 2.24) is 46.4 Å². The first-order chi connectivity index (χ1) is 35.9. The fourth-order valence-electron chi connectivity index (χ4n) is 13.4. The molecule has 11 atom stereocenters. The van der Waals surface area contributed by atoms with Crippen LogP contribution in [-0.2, 0) is 35.3 Å². The molecular formula is C57H79N9O9. The molecule has 3 aliphatic heterocycles. The van der Waals surface area contributed by atoms with Crippen molar-refractivity contribution in [1.29, 1.82) is 0 Å². The topological polar surface area (TPSA) is 249 Å². The lowest BCUT2D eigenvalue weighted by molar-refractivity contribution is -0.146. The van der Waals surface area contributed by atoms with Gasteiger partial charge in [-0.25, -0.2) is 4.98 Å². The van der Waals surface area contributed by atoms with E-state index in [1.807, 2.05) is 39.8 Å². The molecule has 0 spiro atoms. The van der Waals surface area contributed by atoms with Crippen LogP contribution in [0.5, 0.6) is 0 Å². The normalized spacial score (nSPS) is 27.8. The van der Waals surface area contributed by atoms with Gasteiger partial charge in [-0.2, -0.15) is 0 Å². The minimum atomic E-state index is -1.43. The second kappa shape index (κ2) is 22.8. The van der Waals surface area contributed by atoms with E-state index in [9.17, 15) is 38.7 Å². The molecule has 0 bridgehead atoms. The SMILES string of the molecule is CCC[C@H](NC(=O)[C@@H]1[C@H]2CCC[C@H]2CN1C(=O)[C@@H](NC(=O)[C@@H](NC(=O)c1cnc(C2CCCC(c3ccc4c(c3)CN(C3CCC(=O)NC3=O)C4=O)C(C)C2)cn1)C1CCCCC1)C(C)(C)C)C(O)C(=O)NC1CC1. The Balaban J connectivity index is 0.854. The van der Waals surface area contributed by atoms with Crippen LogP contribution in [0.25, 0.3) is 0 Å². The van der Waals surface area contributed by atoms with E-state index in [0.717, 1.165) is 107 Å². The van der Waals surface area contributed by atoms with E-state index >= 15 is 4.79 Å². The zero-order valence-corrected chi connectivity index (χ0v) is 44.5. The largest absolute Gasteiger partial charge is 0.381 e. The molecule has 8 amide bonds. The maximum Gasteiger partial charge on any atom is 0.272 e. The van der Waals surface area contributed by atoms with Crippen LogP contribution in [0.1, 0.15) is 200 Å². The molecule has 75 heavy (non-hydrogen) atoms. The Hall–Kier alpha value is -5.78. The number of imide groups is 1. The van der Waals surface area contributed by atoms with Gasteiger partial charge in [0.05, 0.1) is 17.9 Å². The monoisotopic (exact) mass is 1030 g/mol. The van der Waals surface area contributed by atoms with Crippen LogP contribution in [0.15, 0.2) is 30.6 Å². The van der Waals surface area contributed by atoms with Gasteiger partial charge in [-0.1, -0.05) is 85.3 Å². The molecule has 9 rings (SSSR count). The Kier molecular flexibility index (Phi) is 16.4. The van der Waals surface area contributed by atoms with Gasteiger partial charge in [0, 0.05) is 43.2 Å². The fraction of sp³-hybridized carbons (Fsp3) is 0.684. The number of hydrogen-bond donors (Lipinski definition) is 6. The van der Waals surface area contributed by atoms with Crippen LogP contribution >= 0.6 is 0 Å². The minimum absolute atomic E-state index is 0.0478. The predicted molar refractivity (Wildman–Crippen MR) is 277 cm³/mol. The van der Waals surface area contributed by atoms with Crippen LogP contribution in [-0.4, -0.2) is 121 Å². The third-order valence-electron chi connectivity index (χ3n) is 17.7. The Bertz CT molecular complexity index is 2500. The fourth-order valence-corrected chi connectivity index (χ4v) is 13.4. The summed E-state index contributed by atoms with van der Waals surface area (Å²) >= 11 is 0. The molecule has 2 saturated heterocycles. The number of benzene rings is 1. The highest BCUT2D eigenvalue weighted by Gasteiger charge is 2.53. The maximum absolute atomic E-state index is 15.0. The van der Waals surface area contributed by atoms with E-state index in [1.54, 1.807) is 16.0 Å². The Morgan fingerprint density at radius 2 is 1.61 bits per heavy atom. The number of aliphatic hydroxyl groups is 1. The van der Waals surface area contributed by atoms with Gasteiger partial charge in [-0.05, 0) is 123 Å². The number of piperidine rings is 1. The lowest BCUT2D eigenvalue weighted by atomic mass is 9.81. The summed E-state index contributed by atoms with van der Waals surface area (Å²) in [5, 5.41) is 25.4. The van der Waals surface area contributed by atoms with Gasteiger partial charge in [0.1, 0.15) is 29.9 Å². The summed E-state index contributed by atoms with van der Waals surface area (Å²) in [7, 11) is 0. The van der Waals surface area contributed by atoms with Gasteiger partial charge in [0.25, 0.3) is 17.7 Å². The molecule has 4 aliphatic carbocycles. The molecule has 1 aromatic carbocycles. The number of aliphatic hydroxyl groups excluding tert-OH is 1. The Morgan fingerprint density at radius 1 is 0.853 bits per heavy atom. The molecule has 1 aromatic heterocycles. The molecule has 5 unspecified atom stereocenters. The van der Waals surface area contributed by atoms with Crippen LogP contribution in [0.4, 0.5) is 0 Å². The standard InChI is InChI=1S/C57H79N9O9/c1-6-12-41(48(68)54(73)60-37-20-21-37)61-53(72)47-39-18-11-16-35(39)29-66(47)56(75)49(57(3,4)5)64-52(71)46(32-13-8-7-9-14-32)63-50(69)43-28-58-42(27-59-43)34-15-10-17-38(31(2)25-34)33-19-22-40-36(26-33)30-65(55(40)74)44-23-24-45(67)62-51(44)70/h19,22,26-28,31-32,34-35,37-39,41,44,46-49,68H,6-18,20-21,23-25,29-30H2,1-5H3,(H,60,73)(H,61,72)(H,63,69)(H,64,71)(H,62,67,70)/t31?,34?,35-,38?,39-,41-,44?,46-,47-,48?,49+/m0/s1. The van der Waals surface area contributed by atoms with E-state index in [0.29, 0.717) is 37.9 Å². The molecule has 4 heterocycles. The van der Waals surface area contributed by atoms with E-state index in [1.165, 1.54) is 6.20 Å². The number of rotatable bonds is 16. The number of hydrogen-bond acceptors (Lipinski definition) is 11. The van der Waals surface area contributed by atoms with E-state index in [2.05, 4.69) is 44.6 Å². The second-order valence-corrected chi connectivity index (χ2v) is 24.2. The zero-order chi connectivity index (χ0) is 53.3. The first-order valence-corrected chi connectivity index (χ1v) is 28.2. The van der Waals surface area contributed by atoms with Crippen molar-refractivity contribution in [3.8, 4) is 0 Å². The molecule has 406 valence electrons. The smallest absolute Gasteiger partial charge is 0.272 e. The van der Waals surface area contributed by atoms with Gasteiger partial charge in [-0.15, -0.1) is 0 Å². The summed E-state index contributed by atoms with van der Waals surface area (Å²) in [6.07, 6.45) is 15.4. The van der Waals surface area contributed by atoms with Gasteiger partial charge in [0.2, 0.25) is 29.5 Å². The average Bonchev–Trinajstić information content (AvgIpc) is 3.90. The summed E-state index contributed by atoms with van der Waals surface area (Å²) in [4.78, 5) is 122. The van der Waals surface area contributed by atoms with Gasteiger partial charge in [-0.3, -0.25) is 48.7 Å². The quantitative estimate of drug-likeness (QED) is 0.0957. The molecule has 2 aromatic rings. The number of carbonyl (C=O) groups is 8. The minimum Gasteiger partial charge on any atom is -0.381 e. The molecule has 7 aliphatic rings. The summed E-state index contributed by atoms with van der Waals surface area (Å²) in [5.41, 5.74) is 2.74. The zero-order valence-electron chi connectivity index (χ0n) is 44.5. The van der Waals surface area contributed by atoms with Gasteiger partial charge < -0.3 is 36.2 Å². The van der Waals surface area contributed by atoms with Crippen molar-refractivity contribution in [3.63, 3.8) is 0 Å². The van der Waals surface area contributed by atoms with E-state index in [-0.39, 0.29) is 71.4 Å². The van der Waals surface area contributed by atoms with Crippen molar-refractivity contribution >= 4 is 47.3 Å². The van der Waals surface area contributed by atoms with Crippen molar-refractivity contribution in [3.05, 3.63) is 58.7 Å². The first kappa shape index (κ1) is 54.0. The number of nitrogens with one attached hydrogen (secondary N) is 5. The van der Waals surface area contributed by atoms with Crippen molar-refractivity contribution in [2.75, 3.05) is 6.54 Å². The molecule has 6 fully saturated rings. The summed E-state index contributed by atoms with van der Waals surface area (Å²) < 4.78 is 0. The number of aromatic nitrogens is 2. The van der Waals surface area contributed by atoms with Crippen molar-refractivity contribution in [2.45, 2.75) is 211 Å². The molecule has 0 radical (unpaired) electrons. The first-order valence-electron chi connectivity index (χ1n) is 28.2. The molecule has 4 saturated carbocycles. The lowest BCUT2D eigenvalue weighted by Crippen LogP contribution is -2.62. The number of fused-ring (bicyclic) bond motifs is 2. The molecule has 18 heteroatoms. The molecule has 6 N–H and O–H groups in total. The third kappa shape index (κ3) is 11.9. The van der Waals surface area contributed by atoms with E-state index < -0.39 is 71.3 Å². The highest BCUT2D eigenvalue weighted by molar-refractivity contribution is 6.05. The Labute approximate surface area is 440 Å². The van der Waals surface area contributed by atoms with Crippen LogP contribution in [0, 0.1) is 29.1 Å². The number of amides is 8. The number of likely N-dealkylation sites (tertiary alicyclic amines) is 1. The van der Waals surface area contributed by atoms with Crippen LogP contribution in [0.2, 0.25) is 0 Å². The summed E-state index contributed by atoms with van der Waals surface area (Å²) in [6.45, 7) is 10.5. The maximum atomic E-state index is 15.0. The van der Waals surface area contributed by atoms with Crippen molar-refractivity contribution in [2.24, 2.45) is 29.1 Å². The second-order valence-electron chi connectivity index (χ2n) is 24.2.